The van der Waals surface area contributed by atoms with E-state index >= 15 is 0 Å². The lowest BCUT2D eigenvalue weighted by Crippen LogP contribution is -2.31. The number of halogens is 3. The fourth-order valence-corrected chi connectivity index (χ4v) is 4.22. The predicted octanol–water partition coefficient (Wildman–Crippen LogP) is 3.13. The minimum atomic E-state index is -4.83. The number of alkyl halides is 3. The summed E-state index contributed by atoms with van der Waals surface area (Å²) in [5.41, 5.74) is 0.788. The molecule has 6 nitrogen and oxygen atoms in total. The number of nitrogens with zero attached hydrogens (tertiary/aromatic N) is 2. The van der Waals surface area contributed by atoms with Crippen LogP contribution in [0.15, 0.2) is 47.4 Å². The Balaban J connectivity index is 1.67. The first-order chi connectivity index (χ1) is 12.6. The summed E-state index contributed by atoms with van der Waals surface area (Å²) in [5.74, 6) is -0.0532. The molecule has 1 saturated heterocycles. The van der Waals surface area contributed by atoms with Crippen molar-refractivity contribution >= 4 is 10.0 Å². The molecule has 10 heteroatoms. The van der Waals surface area contributed by atoms with E-state index in [9.17, 15) is 21.6 Å². The number of ether oxygens (including phenoxy) is 2. The first-order valence-corrected chi connectivity index (χ1v) is 9.54. The molecule has 0 bridgehead atoms. The molecule has 2 heterocycles. The number of sulfonamides is 1. The lowest BCUT2D eigenvalue weighted by atomic mass is 10.3. The van der Waals surface area contributed by atoms with Crippen molar-refractivity contribution in [1.29, 1.82) is 0 Å². The Bertz CT molecular complexity index is 901. The summed E-state index contributed by atoms with van der Waals surface area (Å²) in [7, 11) is -3.84. The van der Waals surface area contributed by atoms with Crippen molar-refractivity contribution in [2.75, 3.05) is 13.1 Å². The maximum Gasteiger partial charge on any atom is 0.573 e. The first-order valence-electron chi connectivity index (χ1n) is 8.10. The van der Waals surface area contributed by atoms with E-state index < -0.39 is 22.1 Å². The third kappa shape index (κ3) is 4.89. The zero-order valence-electron chi connectivity index (χ0n) is 14.3. The molecule has 2 aromatic rings. The molecule has 0 radical (unpaired) electrons. The van der Waals surface area contributed by atoms with Gasteiger partial charge in [-0.1, -0.05) is 6.07 Å². The normalized spacial score (nSPS) is 18.4. The SMILES string of the molecule is Cc1cccc(OC2CCN(S(=O)(=O)c3ccc(OC(F)(F)F)cc3)C2)n1. The highest BCUT2D eigenvalue weighted by molar-refractivity contribution is 7.89. The molecule has 1 aliphatic rings. The van der Waals surface area contributed by atoms with Crippen molar-refractivity contribution in [3.05, 3.63) is 48.2 Å². The number of pyridine rings is 1. The topological polar surface area (TPSA) is 68.7 Å². The minimum Gasteiger partial charge on any atom is -0.473 e. The predicted molar refractivity (Wildman–Crippen MR) is 89.9 cm³/mol. The molecular formula is C17H17F3N2O4S. The van der Waals surface area contributed by atoms with Gasteiger partial charge in [-0.15, -0.1) is 13.2 Å². The van der Waals surface area contributed by atoms with Crippen molar-refractivity contribution < 1.29 is 31.1 Å². The second kappa shape index (κ2) is 7.35. The van der Waals surface area contributed by atoms with Crippen molar-refractivity contribution in [1.82, 2.24) is 9.29 Å². The van der Waals surface area contributed by atoms with Gasteiger partial charge in [0, 0.05) is 18.3 Å². The molecule has 0 N–H and O–H groups in total. The van der Waals surface area contributed by atoms with Crippen molar-refractivity contribution in [3.63, 3.8) is 0 Å². The summed E-state index contributed by atoms with van der Waals surface area (Å²) >= 11 is 0. The van der Waals surface area contributed by atoms with E-state index in [1.54, 1.807) is 12.1 Å². The van der Waals surface area contributed by atoms with Gasteiger partial charge in [0.1, 0.15) is 11.9 Å². The molecule has 1 unspecified atom stereocenters. The quantitative estimate of drug-likeness (QED) is 0.769. The summed E-state index contributed by atoms with van der Waals surface area (Å²) in [4.78, 5) is 4.12. The Morgan fingerprint density at radius 1 is 1.15 bits per heavy atom. The van der Waals surface area contributed by atoms with Crippen molar-refractivity contribution in [2.45, 2.75) is 30.7 Å². The summed E-state index contributed by atoms with van der Waals surface area (Å²) in [6, 6.07) is 9.45. The Hall–Kier alpha value is -2.33. The molecule has 1 aliphatic heterocycles. The van der Waals surface area contributed by atoms with Gasteiger partial charge < -0.3 is 9.47 Å². The van der Waals surface area contributed by atoms with E-state index in [1.807, 2.05) is 13.0 Å². The molecule has 0 amide bonds. The van der Waals surface area contributed by atoms with E-state index in [2.05, 4.69) is 9.72 Å². The molecule has 1 aromatic heterocycles. The van der Waals surface area contributed by atoms with Crippen LogP contribution in [0.5, 0.6) is 11.6 Å². The minimum absolute atomic E-state index is 0.105. The Kier molecular flexibility index (Phi) is 5.29. The highest BCUT2D eigenvalue weighted by atomic mass is 32.2. The molecule has 27 heavy (non-hydrogen) atoms. The van der Waals surface area contributed by atoms with Crippen LogP contribution in [0, 0.1) is 6.92 Å². The number of aromatic nitrogens is 1. The van der Waals surface area contributed by atoms with Gasteiger partial charge in [0.25, 0.3) is 0 Å². The van der Waals surface area contributed by atoms with Crippen LogP contribution in [0.1, 0.15) is 12.1 Å². The zero-order chi connectivity index (χ0) is 19.7. The average Bonchev–Trinajstić information content (AvgIpc) is 3.03. The highest BCUT2D eigenvalue weighted by Crippen LogP contribution is 2.27. The third-order valence-corrected chi connectivity index (χ3v) is 5.83. The zero-order valence-corrected chi connectivity index (χ0v) is 15.1. The summed E-state index contributed by atoms with van der Waals surface area (Å²) < 4.78 is 72.7. The van der Waals surface area contributed by atoms with Crippen LogP contribution in [-0.4, -0.2) is 43.3 Å². The Morgan fingerprint density at radius 3 is 2.48 bits per heavy atom. The number of aryl methyl sites for hydroxylation is 1. The lowest BCUT2D eigenvalue weighted by Gasteiger charge is -2.17. The summed E-state index contributed by atoms with van der Waals surface area (Å²) in [6.07, 6.45) is -4.68. The van der Waals surface area contributed by atoms with Crippen LogP contribution in [0.3, 0.4) is 0 Å². The van der Waals surface area contributed by atoms with Crippen molar-refractivity contribution in [3.8, 4) is 11.6 Å². The third-order valence-electron chi connectivity index (χ3n) is 3.95. The standard InChI is InChI=1S/C17H17F3N2O4S/c1-12-3-2-4-16(21-12)25-14-9-10-22(11-14)27(23,24)15-7-5-13(6-8-15)26-17(18,19)20/h2-8,14H,9-11H2,1H3. The van der Waals surface area contributed by atoms with Crippen LogP contribution in [0.2, 0.25) is 0 Å². The van der Waals surface area contributed by atoms with Gasteiger partial charge in [-0.2, -0.15) is 4.31 Å². The van der Waals surface area contributed by atoms with E-state index in [0.29, 0.717) is 12.3 Å². The van der Waals surface area contributed by atoms with Crippen molar-refractivity contribution in [2.24, 2.45) is 0 Å². The first kappa shape index (κ1) is 19.4. The lowest BCUT2D eigenvalue weighted by molar-refractivity contribution is -0.274. The van der Waals surface area contributed by atoms with Crippen LogP contribution < -0.4 is 9.47 Å². The number of rotatable bonds is 5. The van der Waals surface area contributed by atoms with Crippen LogP contribution in [0.4, 0.5) is 13.2 Å². The Labute approximate surface area is 154 Å². The number of hydrogen-bond acceptors (Lipinski definition) is 5. The molecule has 146 valence electrons. The van der Waals surface area contributed by atoms with E-state index in [0.717, 1.165) is 30.0 Å². The summed E-state index contributed by atoms with van der Waals surface area (Å²) in [6.45, 7) is 2.21. The molecule has 1 fully saturated rings. The molecule has 1 atom stereocenters. The highest BCUT2D eigenvalue weighted by Gasteiger charge is 2.34. The van der Waals surface area contributed by atoms with Gasteiger partial charge in [-0.3, -0.25) is 0 Å². The average molecular weight is 402 g/mol. The maximum absolute atomic E-state index is 12.7. The van der Waals surface area contributed by atoms with Crippen LogP contribution in [-0.2, 0) is 10.0 Å². The van der Waals surface area contributed by atoms with Crippen LogP contribution >= 0.6 is 0 Å². The fraction of sp³-hybridized carbons (Fsp3) is 0.353. The van der Waals surface area contributed by atoms with Gasteiger partial charge in [-0.25, -0.2) is 13.4 Å². The molecule has 1 aromatic carbocycles. The Morgan fingerprint density at radius 2 is 1.85 bits per heavy atom. The number of benzene rings is 1. The van der Waals surface area contributed by atoms with Gasteiger partial charge >= 0.3 is 6.36 Å². The number of hydrogen-bond donors (Lipinski definition) is 0. The fourth-order valence-electron chi connectivity index (χ4n) is 2.73. The molecule has 0 saturated carbocycles. The van der Waals surface area contributed by atoms with Crippen LogP contribution in [0.25, 0.3) is 0 Å². The monoisotopic (exact) mass is 402 g/mol. The van der Waals surface area contributed by atoms with Gasteiger partial charge in [0.15, 0.2) is 0 Å². The van der Waals surface area contributed by atoms with Gasteiger partial charge in [0.05, 0.1) is 11.4 Å². The summed E-state index contributed by atoms with van der Waals surface area (Å²) in [5, 5.41) is 0. The molecular weight excluding hydrogens is 385 g/mol. The largest absolute Gasteiger partial charge is 0.573 e. The van der Waals surface area contributed by atoms with E-state index in [1.165, 1.54) is 4.31 Å². The second-order valence-electron chi connectivity index (χ2n) is 6.03. The van der Waals surface area contributed by atoms with E-state index in [-0.39, 0.29) is 24.1 Å². The van der Waals surface area contributed by atoms with E-state index in [4.69, 9.17) is 4.74 Å². The second-order valence-corrected chi connectivity index (χ2v) is 7.97. The van der Waals surface area contributed by atoms with Gasteiger partial charge in [0.2, 0.25) is 15.9 Å². The maximum atomic E-state index is 12.7. The molecule has 0 spiro atoms. The smallest absolute Gasteiger partial charge is 0.473 e. The molecule has 3 rings (SSSR count). The molecule has 0 aliphatic carbocycles. The van der Waals surface area contributed by atoms with Gasteiger partial charge in [-0.05, 0) is 43.7 Å².